The quantitative estimate of drug-likeness (QED) is 0.637. The molecule has 1 aliphatic heterocycles. The van der Waals surface area contributed by atoms with E-state index in [-0.39, 0.29) is 28.7 Å². The van der Waals surface area contributed by atoms with Crippen LogP contribution in [0.15, 0.2) is 0 Å². The summed E-state index contributed by atoms with van der Waals surface area (Å²) in [6.45, 7) is 7.53. The van der Waals surface area contributed by atoms with Crippen molar-refractivity contribution in [2.45, 2.75) is 97.3 Å². The number of fused-ring (bicyclic) bond motifs is 5. The number of alkyl halides is 3. The van der Waals surface area contributed by atoms with Gasteiger partial charge in [0.15, 0.2) is 0 Å². The number of rotatable bonds is 3. The van der Waals surface area contributed by atoms with E-state index in [0.29, 0.717) is 30.6 Å². The first-order valence-corrected chi connectivity index (χ1v) is 12.4. The van der Waals surface area contributed by atoms with Crippen LogP contribution in [0, 0.1) is 40.4 Å². The molecule has 2 amide bonds. The first-order chi connectivity index (χ1) is 14.8. The molecule has 4 aliphatic rings. The lowest BCUT2D eigenvalue weighted by atomic mass is 9.47. The topological polar surface area (TPSA) is 49.4 Å². The number of likely N-dealkylation sites (tertiary alicyclic amines) is 1. The van der Waals surface area contributed by atoms with E-state index in [4.69, 9.17) is 0 Å². The summed E-state index contributed by atoms with van der Waals surface area (Å²) >= 11 is 0. The van der Waals surface area contributed by atoms with E-state index in [2.05, 4.69) is 19.2 Å². The van der Waals surface area contributed by atoms with Gasteiger partial charge in [-0.15, -0.1) is 0 Å². The molecular weight excluding hydrogens is 417 g/mol. The average molecular weight is 457 g/mol. The number of hydrogen-bond acceptors (Lipinski definition) is 2. The Bertz CT molecular complexity index is 769. The molecule has 3 aliphatic carbocycles. The van der Waals surface area contributed by atoms with Crippen LogP contribution in [-0.2, 0) is 9.59 Å². The van der Waals surface area contributed by atoms with E-state index in [1.807, 2.05) is 11.9 Å². The minimum atomic E-state index is -4.43. The zero-order valence-corrected chi connectivity index (χ0v) is 20.1. The lowest BCUT2D eigenvalue weighted by Gasteiger charge is -2.61. The number of halogens is 3. The highest BCUT2D eigenvalue weighted by Crippen LogP contribution is 2.66. The molecule has 0 aromatic rings. The van der Waals surface area contributed by atoms with Crippen LogP contribution in [0.1, 0.15) is 79.1 Å². The summed E-state index contributed by atoms with van der Waals surface area (Å²) in [4.78, 5) is 27.4. The lowest BCUT2D eigenvalue weighted by molar-refractivity contribution is -0.173. The molecule has 0 radical (unpaired) electrons. The fraction of sp³-hybridized carbons (Fsp3) is 0.920. The Kier molecular flexibility index (Phi) is 5.89. The van der Waals surface area contributed by atoms with Crippen molar-refractivity contribution < 1.29 is 22.8 Å². The maximum atomic E-state index is 13.5. The molecule has 32 heavy (non-hydrogen) atoms. The molecule has 0 aromatic heterocycles. The highest BCUT2D eigenvalue weighted by molar-refractivity contribution is 5.80. The predicted molar refractivity (Wildman–Crippen MR) is 116 cm³/mol. The van der Waals surface area contributed by atoms with Gasteiger partial charge in [-0.2, -0.15) is 13.2 Å². The molecule has 3 saturated carbocycles. The molecule has 1 heterocycles. The number of carbonyl (C=O) groups excluding carboxylic acids is 2. The van der Waals surface area contributed by atoms with E-state index in [0.717, 1.165) is 38.5 Å². The van der Waals surface area contributed by atoms with Gasteiger partial charge in [0.25, 0.3) is 0 Å². The Balaban J connectivity index is 1.53. The summed E-state index contributed by atoms with van der Waals surface area (Å²) in [7, 11) is 1.94. The molecule has 4 nitrogen and oxygen atoms in total. The van der Waals surface area contributed by atoms with Crippen molar-refractivity contribution in [2.75, 3.05) is 7.05 Å². The van der Waals surface area contributed by atoms with Gasteiger partial charge in [0, 0.05) is 25.4 Å². The standard InChI is InChI=1S/C25H39F3N2O2/c1-14(2)21(25(26,27)28)29-22(32)18-8-7-16-15-6-9-19-24(4,13-11-20(31)30(19)5)17(15)10-12-23(16,18)3/h14-19,21H,6-13H2,1-5H3,(H,29,32)/t15-,16-,17+,18?,19?,21?,23-,24+/m0/s1. The van der Waals surface area contributed by atoms with E-state index in [1.54, 1.807) is 0 Å². The minimum absolute atomic E-state index is 0.103. The fourth-order valence-electron chi connectivity index (χ4n) is 8.46. The first kappa shape index (κ1) is 23.9. The minimum Gasteiger partial charge on any atom is -0.344 e. The molecule has 3 unspecified atom stereocenters. The second kappa shape index (κ2) is 7.90. The van der Waals surface area contributed by atoms with Gasteiger partial charge in [-0.05, 0) is 79.4 Å². The summed E-state index contributed by atoms with van der Waals surface area (Å²) in [5.74, 6) is 0.189. The summed E-state index contributed by atoms with van der Waals surface area (Å²) in [6, 6.07) is -1.51. The van der Waals surface area contributed by atoms with Crippen molar-refractivity contribution in [3.05, 3.63) is 0 Å². The molecule has 4 rings (SSSR count). The predicted octanol–water partition coefficient (Wildman–Crippen LogP) is 5.17. The molecular formula is C25H39F3N2O2. The zero-order chi connectivity index (χ0) is 23.6. The van der Waals surface area contributed by atoms with Crippen LogP contribution in [-0.4, -0.2) is 42.0 Å². The molecule has 0 spiro atoms. The van der Waals surface area contributed by atoms with E-state index in [9.17, 15) is 22.8 Å². The monoisotopic (exact) mass is 456 g/mol. The highest BCUT2D eigenvalue weighted by Gasteiger charge is 2.62. The number of piperidine rings is 1. The Morgan fingerprint density at radius 2 is 1.69 bits per heavy atom. The van der Waals surface area contributed by atoms with Crippen LogP contribution in [0.5, 0.6) is 0 Å². The Hall–Kier alpha value is -1.27. The second-order valence-corrected chi connectivity index (χ2v) is 11.9. The smallest absolute Gasteiger partial charge is 0.344 e. The van der Waals surface area contributed by atoms with Crippen LogP contribution in [0.25, 0.3) is 0 Å². The van der Waals surface area contributed by atoms with Gasteiger partial charge in [0.2, 0.25) is 11.8 Å². The molecule has 0 bridgehead atoms. The highest BCUT2D eigenvalue weighted by atomic mass is 19.4. The van der Waals surface area contributed by atoms with Crippen LogP contribution < -0.4 is 5.32 Å². The van der Waals surface area contributed by atoms with Crippen molar-refractivity contribution in [3.63, 3.8) is 0 Å². The summed E-state index contributed by atoms with van der Waals surface area (Å²) in [5, 5.41) is 2.38. The molecule has 4 fully saturated rings. The van der Waals surface area contributed by atoms with E-state index < -0.39 is 24.0 Å². The number of hydrogen-bond donors (Lipinski definition) is 1. The molecule has 1 saturated heterocycles. The number of amides is 2. The van der Waals surface area contributed by atoms with Gasteiger partial charge in [-0.3, -0.25) is 9.59 Å². The summed E-state index contributed by atoms with van der Waals surface area (Å²) in [5.41, 5.74) is -0.135. The van der Waals surface area contributed by atoms with Crippen LogP contribution in [0.4, 0.5) is 13.2 Å². The van der Waals surface area contributed by atoms with Gasteiger partial charge in [-0.25, -0.2) is 0 Å². The third-order valence-electron chi connectivity index (χ3n) is 10.2. The van der Waals surface area contributed by atoms with Crippen molar-refractivity contribution in [2.24, 2.45) is 40.4 Å². The SMILES string of the molecule is CC(C)C(NC(=O)C1CC[C@H]2[C@@H]3CCC4N(C)C(=O)CC[C@]4(C)[C@@H]3CC[C@]12C)C(F)(F)F. The average Bonchev–Trinajstić information content (AvgIpc) is 3.05. The van der Waals surface area contributed by atoms with Gasteiger partial charge in [0.1, 0.15) is 6.04 Å². The Morgan fingerprint density at radius 3 is 2.31 bits per heavy atom. The van der Waals surface area contributed by atoms with Crippen LogP contribution in [0.3, 0.4) is 0 Å². The maximum absolute atomic E-state index is 13.5. The maximum Gasteiger partial charge on any atom is 0.408 e. The summed E-state index contributed by atoms with van der Waals surface area (Å²) < 4.78 is 40.5. The van der Waals surface area contributed by atoms with E-state index >= 15 is 0 Å². The van der Waals surface area contributed by atoms with Gasteiger partial charge in [0.05, 0.1) is 0 Å². The normalized spacial score (nSPS) is 42.8. The first-order valence-electron chi connectivity index (χ1n) is 12.4. The number of nitrogens with one attached hydrogen (secondary N) is 1. The molecule has 0 aromatic carbocycles. The third kappa shape index (κ3) is 3.56. The summed E-state index contributed by atoms with van der Waals surface area (Å²) in [6.07, 6.45) is 2.63. The van der Waals surface area contributed by atoms with Crippen molar-refractivity contribution >= 4 is 11.8 Å². The van der Waals surface area contributed by atoms with Crippen LogP contribution in [0.2, 0.25) is 0 Å². The molecule has 8 atom stereocenters. The number of nitrogens with zero attached hydrogens (tertiary/aromatic N) is 1. The van der Waals surface area contributed by atoms with Gasteiger partial charge < -0.3 is 10.2 Å². The largest absolute Gasteiger partial charge is 0.408 e. The molecule has 7 heteroatoms. The van der Waals surface area contributed by atoms with Gasteiger partial charge >= 0.3 is 6.18 Å². The van der Waals surface area contributed by atoms with Crippen LogP contribution >= 0.6 is 0 Å². The van der Waals surface area contributed by atoms with Gasteiger partial charge in [-0.1, -0.05) is 27.7 Å². The zero-order valence-electron chi connectivity index (χ0n) is 20.1. The van der Waals surface area contributed by atoms with Crippen molar-refractivity contribution in [1.82, 2.24) is 10.2 Å². The van der Waals surface area contributed by atoms with Crippen molar-refractivity contribution in [1.29, 1.82) is 0 Å². The Morgan fingerprint density at radius 1 is 1.03 bits per heavy atom. The van der Waals surface area contributed by atoms with E-state index in [1.165, 1.54) is 13.8 Å². The van der Waals surface area contributed by atoms with Crippen molar-refractivity contribution in [3.8, 4) is 0 Å². The second-order valence-electron chi connectivity index (χ2n) is 11.9. The number of carbonyl (C=O) groups is 2. The fourth-order valence-corrected chi connectivity index (χ4v) is 8.46. The third-order valence-corrected chi connectivity index (χ3v) is 10.2. The lowest BCUT2D eigenvalue weighted by Crippen LogP contribution is -2.61. The molecule has 1 N–H and O–H groups in total. The molecule has 182 valence electrons. The Labute approximate surface area is 190 Å².